The first-order valence-electron chi connectivity index (χ1n) is 5.87. The Hall–Kier alpha value is -1.08. The Balaban J connectivity index is 4.32. The molecular weight excluding hydrogens is 204 g/mol. The van der Waals surface area contributed by atoms with Gasteiger partial charge in [0.2, 0.25) is 5.91 Å². The second-order valence-electron chi connectivity index (χ2n) is 4.17. The van der Waals surface area contributed by atoms with Crippen molar-refractivity contribution < 1.29 is 9.90 Å². The lowest BCUT2D eigenvalue weighted by Crippen LogP contribution is -2.41. The van der Waals surface area contributed by atoms with Crippen LogP contribution in [0.25, 0.3) is 0 Å². The smallest absolute Gasteiger partial charge is 0.237 e. The van der Waals surface area contributed by atoms with E-state index in [1.165, 1.54) is 0 Å². The van der Waals surface area contributed by atoms with Crippen molar-refractivity contribution in [2.24, 2.45) is 11.3 Å². The highest BCUT2D eigenvalue weighted by Crippen LogP contribution is 2.24. The van der Waals surface area contributed by atoms with E-state index in [1.54, 1.807) is 0 Å². The minimum atomic E-state index is -0.579. The van der Waals surface area contributed by atoms with Crippen LogP contribution in [0.15, 0.2) is 0 Å². The molecule has 0 aliphatic carbocycles. The highest BCUT2D eigenvalue weighted by atomic mass is 16.3. The number of carbonyl (C=O) groups excluding carboxylic acids is 1. The van der Waals surface area contributed by atoms with Crippen LogP contribution >= 0.6 is 0 Å². The van der Waals surface area contributed by atoms with Crippen molar-refractivity contribution in [1.29, 1.82) is 5.26 Å². The number of nitrogens with zero attached hydrogens (tertiary/aromatic N) is 1. The van der Waals surface area contributed by atoms with Gasteiger partial charge in [0.05, 0.1) is 12.7 Å². The monoisotopic (exact) mass is 226 g/mol. The molecule has 0 saturated carbocycles. The second kappa shape index (κ2) is 7.24. The SMILES string of the molecule is CCC(C#N)C(=O)NCC(CC)(CC)CO. The van der Waals surface area contributed by atoms with E-state index in [0.717, 1.165) is 12.8 Å². The van der Waals surface area contributed by atoms with Crippen molar-refractivity contribution in [3.63, 3.8) is 0 Å². The van der Waals surface area contributed by atoms with E-state index in [0.29, 0.717) is 13.0 Å². The van der Waals surface area contributed by atoms with Gasteiger partial charge in [0.25, 0.3) is 0 Å². The van der Waals surface area contributed by atoms with Gasteiger partial charge in [-0.05, 0) is 19.3 Å². The molecule has 1 amide bonds. The van der Waals surface area contributed by atoms with E-state index in [2.05, 4.69) is 5.32 Å². The first kappa shape index (κ1) is 14.9. The number of hydrogen-bond acceptors (Lipinski definition) is 3. The average molecular weight is 226 g/mol. The van der Waals surface area contributed by atoms with Gasteiger partial charge in [-0.15, -0.1) is 0 Å². The molecule has 0 saturated heterocycles. The third-order valence-electron chi connectivity index (χ3n) is 3.35. The molecule has 0 aromatic carbocycles. The molecule has 0 aromatic heterocycles. The van der Waals surface area contributed by atoms with Crippen LogP contribution in [0.5, 0.6) is 0 Å². The first-order valence-corrected chi connectivity index (χ1v) is 5.87. The maximum atomic E-state index is 11.6. The number of hydrogen-bond donors (Lipinski definition) is 2. The molecule has 0 rings (SSSR count). The molecule has 4 heteroatoms. The topological polar surface area (TPSA) is 73.1 Å². The molecule has 1 atom stereocenters. The van der Waals surface area contributed by atoms with Crippen LogP contribution < -0.4 is 5.32 Å². The van der Waals surface area contributed by atoms with Crippen LogP contribution in [0.3, 0.4) is 0 Å². The summed E-state index contributed by atoms with van der Waals surface area (Å²) < 4.78 is 0. The third-order valence-corrected chi connectivity index (χ3v) is 3.35. The molecular formula is C12H22N2O2. The molecule has 0 aliphatic heterocycles. The van der Waals surface area contributed by atoms with Crippen molar-refractivity contribution in [2.45, 2.75) is 40.0 Å². The fourth-order valence-electron chi connectivity index (χ4n) is 1.51. The Morgan fingerprint density at radius 2 is 2.00 bits per heavy atom. The van der Waals surface area contributed by atoms with Crippen molar-refractivity contribution >= 4 is 5.91 Å². The summed E-state index contributed by atoms with van der Waals surface area (Å²) in [6, 6.07) is 1.97. The molecule has 0 fully saturated rings. The minimum absolute atomic E-state index is 0.0592. The zero-order valence-electron chi connectivity index (χ0n) is 10.4. The standard InChI is InChI=1S/C12H22N2O2/c1-4-10(7-13)11(16)14-8-12(5-2,6-3)9-15/h10,15H,4-6,8-9H2,1-3H3,(H,14,16). The summed E-state index contributed by atoms with van der Waals surface area (Å²) in [6.45, 7) is 6.30. The van der Waals surface area contributed by atoms with Gasteiger partial charge in [-0.1, -0.05) is 20.8 Å². The first-order chi connectivity index (χ1) is 7.59. The highest BCUT2D eigenvalue weighted by Gasteiger charge is 2.27. The van der Waals surface area contributed by atoms with Crippen LogP contribution in [0, 0.1) is 22.7 Å². The van der Waals surface area contributed by atoms with Crippen LogP contribution in [-0.2, 0) is 4.79 Å². The summed E-state index contributed by atoms with van der Waals surface area (Å²) in [7, 11) is 0. The summed E-state index contributed by atoms with van der Waals surface area (Å²) in [5.74, 6) is -0.810. The maximum absolute atomic E-state index is 11.6. The molecule has 0 aliphatic rings. The molecule has 2 N–H and O–H groups in total. The minimum Gasteiger partial charge on any atom is -0.396 e. The van der Waals surface area contributed by atoms with Crippen LogP contribution in [0.4, 0.5) is 0 Å². The molecule has 0 radical (unpaired) electrons. The van der Waals surface area contributed by atoms with E-state index in [-0.39, 0.29) is 17.9 Å². The maximum Gasteiger partial charge on any atom is 0.237 e. The zero-order chi connectivity index (χ0) is 12.6. The lowest BCUT2D eigenvalue weighted by atomic mass is 9.83. The number of carbonyl (C=O) groups is 1. The number of amides is 1. The Labute approximate surface area is 97.7 Å². The van der Waals surface area contributed by atoms with Gasteiger partial charge in [-0.3, -0.25) is 4.79 Å². The second-order valence-corrected chi connectivity index (χ2v) is 4.17. The Kier molecular flexibility index (Phi) is 6.75. The van der Waals surface area contributed by atoms with Crippen LogP contribution in [-0.4, -0.2) is 24.2 Å². The number of aliphatic hydroxyl groups is 1. The molecule has 1 unspecified atom stereocenters. The van der Waals surface area contributed by atoms with Gasteiger partial charge in [-0.25, -0.2) is 0 Å². The van der Waals surface area contributed by atoms with Crippen molar-refractivity contribution in [2.75, 3.05) is 13.2 Å². The molecule has 0 bridgehead atoms. The van der Waals surface area contributed by atoms with Gasteiger partial charge in [0.15, 0.2) is 0 Å². The van der Waals surface area contributed by atoms with Gasteiger partial charge in [0, 0.05) is 12.0 Å². The van der Waals surface area contributed by atoms with Gasteiger partial charge in [-0.2, -0.15) is 5.26 Å². The van der Waals surface area contributed by atoms with Crippen molar-refractivity contribution in [3.8, 4) is 6.07 Å². The molecule has 16 heavy (non-hydrogen) atoms. The molecule has 0 spiro atoms. The Bertz CT molecular complexity index is 246. The van der Waals surface area contributed by atoms with Gasteiger partial charge in [0.1, 0.15) is 5.92 Å². The Morgan fingerprint density at radius 3 is 2.31 bits per heavy atom. The van der Waals surface area contributed by atoms with Crippen LogP contribution in [0.1, 0.15) is 40.0 Å². The third kappa shape index (κ3) is 3.82. The zero-order valence-corrected chi connectivity index (χ0v) is 10.4. The number of nitrogens with one attached hydrogen (secondary N) is 1. The van der Waals surface area contributed by atoms with Crippen molar-refractivity contribution in [1.82, 2.24) is 5.32 Å². The summed E-state index contributed by atoms with van der Waals surface area (Å²) in [5.41, 5.74) is -0.247. The summed E-state index contributed by atoms with van der Waals surface area (Å²) >= 11 is 0. The molecule has 0 aromatic rings. The molecule has 4 nitrogen and oxygen atoms in total. The Morgan fingerprint density at radius 1 is 1.44 bits per heavy atom. The number of aliphatic hydroxyl groups excluding tert-OH is 1. The van der Waals surface area contributed by atoms with E-state index in [1.807, 2.05) is 26.8 Å². The number of nitriles is 1. The van der Waals surface area contributed by atoms with Gasteiger partial charge < -0.3 is 10.4 Å². The lowest BCUT2D eigenvalue weighted by molar-refractivity contribution is -0.124. The molecule has 92 valence electrons. The predicted molar refractivity (Wildman–Crippen MR) is 62.5 cm³/mol. The highest BCUT2D eigenvalue weighted by molar-refractivity contribution is 5.80. The predicted octanol–water partition coefficient (Wildman–Crippen LogP) is 1.45. The van der Waals surface area contributed by atoms with Crippen LogP contribution in [0.2, 0.25) is 0 Å². The fourth-order valence-corrected chi connectivity index (χ4v) is 1.51. The largest absolute Gasteiger partial charge is 0.396 e. The fraction of sp³-hybridized carbons (Fsp3) is 0.833. The van der Waals surface area contributed by atoms with E-state index in [4.69, 9.17) is 5.26 Å². The van der Waals surface area contributed by atoms with E-state index >= 15 is 0 Å². The van der Waals surface area contributed by atoms with E-state index < -0.39 is 5.92 Å². The van der Waals surface area contributed by atoms with E-state index in [9.17, 15) is 9.90 Å². The average Bonchev–Trinajstić information content (AvgIpc) is 2.33. The van der Waals surface area contributed by atoms with Gasteiger partial charge >= 0.3 is 0 Å². The number of rotatable bonds is 7. The summed E-state index contributed by atoms with van der Waals surface area (Å²) in [5, 5.41) is 20.8. The normalized spacial score (nSPS) is 12.9. The lowest BCUT2D eigenvalue weighted by Gasteiger charge is -2.29. The van der Waals surface area contributed by atoms with Crippen molar-refractivity contribution in [3.05, 3.63) is 0 Å². The summed E-state index contributed by atoms with van der Waals surface area (Å²) in [4.78, 5) is 11.6. The quantitative estimate of drug-likeness (QED) is 0.690. The molecule has 0 heterocycles. The summed E-state index contributed by atoms with van der Waals surface area (Å²) in [6.07, 6.45) is 2.14.